The molecule has 0 saturated carbocycles. The zero-order valence-electron chi connectivity index (χ0n) is 10.3. The van der Waals surface area contributed by atoms with Gasteiger partial charge in [0.15, 0.2) is 11.6 Å². The maximum atomic E-state index is 10.1. The molecule has 0 amide bonds. The molecule has 18 heavy (non-hydrogen) atoms. The summed E-state index contributed by atoms with van der Waals surface area (Å²) in [6, 6.07) is 0. The van der Waals surface area contributed by atoms with Gasteiger partial charge in [0.25, 0.3) is 0 Å². The normalized spacial score (nSPS) is 24.1. The Balaban J connectivity index is 2.35. The van der Waals surface area contributed by atoms with Gasteiger partial charge < -0.3 is 26.9 Å². The van der Waals surface area contributed by atoms with E-state index in [9.17, 15) is 5.11 Å². The van der Waals surface area contributed by atoms with E-state index in [2.05, 4.69) is 15.4 Å². The number of hydrazine groups is 1. The van der Waals surface area contributed by atoms with Crippen LogP contribution in [0.25, 0.3) is 0 Å². The molecule has 100 valence electrons. The van der Waals surface area contributed by atoms with E-state index in [1.807, 2.05) is 4.90 Å². The molecule has 1 aromatic heterocycles. The molecule has 1 aliphatic rings. The van der Waals surface area contributed by atoms with Crippen LogP contribution in [0.4, 0.5) is 23.3 Å². The minimum absolute atomic E-state index is 0.0948. The van der Waals surface area contributed by atoms with Crippen LogP contribution < -0.4 is 27.6 Å². The summed E-state index contributed by atoms with van der Waals surface area (Å²) in [4.78, 5) is 9.93. The second-order valence-electron chi connectivity index (χ2n) is 4.83. The molecule has 0 aromatic carbocycles. The summed E-state index contributed by atoms with van der Waals surface area (Å²) in [5.41, 5.74) is 13.5. The molecule has 2 heterocycles. The molecule has 2 rings (SSSR count). The first-order valence-corrected chi connectivity index (χ1v) is 5.80. The lowest BCUT2D eigenvalue weighted by Crippen LogP contribution is -2.46. The Labute approximate surface area is 105 Å². The lowest BCUT2D eigenvalue weighted by molar-refractivity contribution is 0.0447. The Hall–Kier alpha value is -1.80. The summed E-state index contributed by atoms with van der Waals surface area (Å²) in [6.07, 6.45) is 1.62. The van der Waals surface area contributed by atoms with Crippen molar-refractivity contribution in [2.24, 2.45) is 5.84 Å². The number of anilines is 4. The number of nitrogens with one attached hydrogen (secondary N) is 1. The monoisotopic (exact) mass is 253 g/mol. The molecule has 1 unspecified atom stereocenters. The molecule has 1 aromatic rings. The van der Waals surface area contributed by atoms with Crippen LogP contribution >= 0.6 is 0 Å². The van der Waals surface area contributed by atoms with Gasteiger partial charge in [-0.2, -0.15) is 9.97 Å². The Kier molecular flexibility index (Phi) is 3.14. The largest absolute Gasteiger partial charge is 0.393 e. The van der Waals surface area contributed by atoms with Crippen molar-refractivity contribution in [2.75, 3.05) is 34.9 Å². The van der Waals surface area contributed by atoms with E-state index in [4.69, 9.17) is 17.3 Å². The number of rotatable bonds is 2. The quantitative estimate of drug-likeness (QED) is 0.343. The first kappa shape index (κ1) is 12.7. The summed E-state index contributed by atoms with van der Waals surface area (Å²) in [6.45, 7) is 3.01. The van der Waals surface area contributed by atoms with E-state index in [0.29, 0.717) is 23.9 Å². The number of aliphatic hydroxyl groups is 1. The second kappa shape index (κ2) is 4.46. The molecule has 1 aliphatic heterocycles. The fourth-order valence-corrected chi connectivity index (χ4v) is 2.23. The zero-order chi connectivity index (χ0) is 13.3. The number of β-amino-alcohol motifs (C(OH)–C–C–N with tert-alkyl or cyclic N) is 1. The van der Waals surface area contributed by atoms with E-state index in [-0.39, 0.29) is 5.95 Å². The van der Waals surface area contributed by atoms with Gasteiger partial charge in [0.05, 0.1) is 5.60 Å². The lowest BCUT2D eigenvalue weighted by atomic mass is 9.95. The third-order valence-corrected chi connectivity index (χ3v) is 3.05. The molecule has 1 saturated heterocycles. The molecule has 0 radical (unpaired) electrons. The summed E-state index contributed by atoms with van der Waals surface area (Å²) in [5.74, 6) is 6.23. The molecule has 8 nitrogen and oxygen atoms in total. The van der Waals surface area contributed by atoms with E-state index >= 15 is 0 Å². The van der Waals surface area contributed by atoms with Gasteiger partial charge in [-0.3, -0.25) is 0 Å². The van der Waals surface area contributed by atoms with Crippen molar-refractivity contribution in [1.82, 2.24) is 9.97 Å². The summed E-state index contributed by atoms with van der Waals surface area (Å²) < 4.78 is 0. The molecular weight excluding hydrogens is 234 g/mol. The highest BCUT2D eigenvalue weighted by Crippen LogP contribution is 2.31. The Bertz CT molecular complexity index is 448. The van der Waals surface area contributed by atoms with Crippen molar-refractivity contribution in [3.63, 3.8) is 0 Å². The van der Waals surface area contributed by atoms with Gasteiger partial charge in [-0.1, -0.05) is 0 Å². The molecule has 1 atom stereocenters. The molecule has 0 spiro atoms. The standard InChI is InChI=1S/C10H19N7O/c1-10(18)3-2-4-17(5-10)8-6(11)7(16-13)14-9(12)15-8/h18H,2-5,11,13H2,1H3,(H3,12,14,15,16). The van der Waals surface area contributed by atoms with Crippen LogP contribution in [0.3, 0.4) is 0 Å². The van der Waals surface area contributed by atoms with Crippen molar-refractivity contribution in [3.8, 4) is 0 Å². The van der Waals surface area contributed by atoms with Gasteiger partial charge in [-0.15, -0.1) is 0 Å². The maximum Gasteiger partial charge on any atom is 0.224 e. The van der Waals surface area contributed by atoms with Crippen molar-refractivity contribution < 1.29 is 5.11 Å². The van der Waals surface area contributed by atoms with Crippen molar-refractivity contribution >= 4 is 23.3 Å². The number of nitrogens with two attached hydrogens (primary N) is 3. The highest BCUT2D eigenvalue weighted by atomic mass is 16.3. The number of hydrogen-bond donors (Lipinski definition) is 5. The first-order chi connectivity index (χ1) is 8.43. The van der Waals surface area contributed by atoms with E-state index in [1.54, 1.807) is 6.92 Å². The van der Waals surface area contributed by atoms with Gasteiger partial charge in [0.1, 0.15) is 5.69 Å². The Morgan fingerprint density at radius 2 is 2.11 bits per heavy atom. The third kappa shape index (κ3) is 2.39. The van der Waals surface area contributed by atoms with E-state index in [1.165, 1.54) is 0 Å². The van der Waals surface area contributed by atoms with Crippen molar-refractivity contribution in [2.45, 2.75) is 25.4 Å². The summed E-state index contributed by atoms with van der Waals surface area (Å²) in [7, 11) is 0. The fraction of sp³-hybridized carbons (Fsp3) is 0.600. The minimum Gasteiger partial charge on any atom is -0.393 e. The molecular formula is C10H19N7O. The van der Waals surface area contributed by atoms with E-state index < -0.39 is 5.60 Å². The van der Waals surface area contributed by atoms with Gasteiger partial charge in [0, 0.05) is 13.1 Å². The molecule has 0 bridgehead atoms. The van der Waals surface area contributed by atoms with Gasteiger partial charge in [-0.25, -0.2) is 5.84 Å². The SMILES string of the molecule is CC1(O)CCCN(c2nc(N)nc(NN)c2N)C1. The molecule has 8 heteroatoms. The van der Waals surface area contributed by atoms with Crippen LogP contribution in [0.2, 0.25) is 0 Å². The number of hydrogen-bond acceptors (Lipinski definition) is 8. The smallest absolute Gasteiger partial charge is 0.224 e. The van der Waals surface area contributed by atoms with Crippen LogP contribution in [0.1, 0.15) is 19.8 Å². The predicted molar refractivity (Wildman–Crippen MR) is 70.7 cm³/mol. The van der Waals surface area contributed by atoms with Crippen LogP contribution in [0, 0.1) is 0 Å². The molecule has 8 N–H and O–H groups in total. The number of nitrogens with zero attached hydrogens (tertiary/aromatic N) is 3. The summed E-state index contributed by atoms with van der Waals surface area (Å²) >= 11 is 0. The lowest BCUT2D eigenvalue weighted by Gasteiger charge is -2.38. The van der Waals surface area contributed by atoms with Crippen LogP contribution in [-0.2, 0) is 0 Å². The van der Waals surface area contributed by atoms with Crippen LogP contribution in [0.15, 0.2) is 0 Å². The summed E-state index contributed by atoms with van der Waals surface area (Å²) in [5, 5.41) is 10.1. The fourth-order valence-electron chi connectivity index (χ4n) is 2.23. The number of nitrogen functional groups attached to an aromatic ring is 3. The average molecular weight is 253 g/mol. The topological polar surface area (TPSA) is 139 Å². The first-order valence-electron chi connectivity index (χ1n) is 5.80. The minimum atomic E-state index is -0.749. The second-order valence-corrected chi connectivity index (χ2v) is 4.83. The molecule has 1 fully saturated rings. The average Bonchev–Trinajstić information content (AvgIpc) is 2.30. The van der Waals surface area contributed by atoms with E-state index in [0.717, 1.165) is 19.4 Å². The van der Waals surface area contributed by atoms with Crippen LogP contribution in [0.5, 0.6) is 0 Å². The molecule has 0 aliphatic carbocycles. The third-order valence-electron chi connectivity index (χ3n) is 3.05. The van der Waals surface area contributed by atoms with Gasteiger partial charge >= 0.3 is 0 Å². The Morgan fingerprint density at radius 1 is 1.39 bits per heavy atom. The maximum absolute atomic E-state index is 10.1. The number of piperidine rings is 1. The highest BCUT2D eigenvalue weighted by molar-refractivity contribution is 5.76. The van der Waals surface area contributed by atoms with Crippen molar-refractivity contribution in [1.29, 1.82) is 0 Å². The van der Waals surface area contributed by atoms with Gasteiger partial charge in [-0.05, 0) is 19.8 Å². The predicted octanol–water partition coefficient (Wildman–Crippen LogP) is -0.722. The van der Waals surface area contributed by atoms with Gasteiger partial charge in [0.2, 0.25) is 5.95 Å². The Morgan fingerprint density at radius 3 is 2.72 bits per heavy atom. The number of aromatic nitrogens is 2. The zero-order valence-corrected chi connectivity index (χ0v) is 10.3. The van der Waals surface area contributed by atoms with Crippen molar-refractivity contribution in [3.05, 3.63) is 0 Å². The van der Waals surface area contributed by atoms with Crippen LogP contribution in [-0.4, -0.2) is 33.8 Å². The highest BCUT2D eigenvalue weighted by Gasteiger charge is 2.30.